The van der Waals surface area contributed by atoms with Gasteiger partial charge in [0, 0.05) is 0 Å². The van der Waals surface area contributed by atoms with Crippen molar-refractivity contribution in [1.29, 1.82) is 0 Å². The van der Waals surface area contributed by atoms with Crippen LogP contribution in [0.25, 0.3) is 0 Å². The Hall–Kier alpha value is -0.390. The molecule has 0 heterocycles. The molecule has 0 amide bonds. The van der Waals surface area contributed by atoms with Gasteiger partial charge >= 0.3 is 10.4 Å². The summed E-state index contributed by atoms with van der Waals surface area (Å²) in [6.45, 7) is 5.99. The molecule has 0 saturated carbocycles. The van der Waals surface area contributed by atoms with Crippen molar-refractivity contribution < 1.29 is 17.5 Å². The van der Waals surface area contributed by atoms with Crippen molar-refractivity contribution in [1.82, 2.24) is 0 Å². The van der Waals surface area contributed by atoms with Crippen LogP contribution in [0, 0.1) is 0 Å². The molecule has 0 rings (SSSR count). The van der Waals surface area contributed by atoms with Crippen molar-refractivity contribution in [2.75, 3.05) is 0 Å². The van der Waals surface area contributed by atoms with Gasteiger partial charge in [0.1, 0.15) is 0 Å². The predicted molar refractivity (Wildman–Crippen MR) is 71.6 cm³/mol. The molecular weight excluding hydrogens is 240 g/mol. The van der Waals surface area contributed by atoms with Crippen molar-refractivity contribution in [3.05, 3.63) is 12.7 Å². The second-order valence-electron chi connectivity index (χ2n) is 4.00. The standard InChI is InChI=1S/C12H24.H2O4S/c1-3-5-7-9-11-12-10-8-6-4-2;1-5(2,3)4/h3H,1,4-12H2,2H3;(H2,1,2,3,4). The summed E-state index contributed by atoms with van der Waals surface area (Å²) in [4.78, 5) is 0. The molecule has 0 atom stereocenters. The molecule has 0 unspecified atom stereocenters. The van der Waals surface area contributed by atoms with E-state index < -0.39 is 10.4 Å². The fourth-order valence-corrected chi connectivity index (χ4v) is 1.42. The first-order valence-electron chi connectivity index (χ1n) is 6.22. The van der Waals surface area contributed by atoms with E-state index >= 15 is 0 Å². The predicted octanol–water partition coefficient (Wildman–Crippen LogP) is 4.05. The van der Waals surface area contributed by atoms with Gasteiger partial charge in [0.15, 0.2) is 0 Å². The van der Waals surface area contributed by atoms with Crippen LogP contribution in [0.5, 0.6) is 0 Å². The fourth-order valence-electron chi connectivity index (χ4n) is 1.42. The minimum Gasteiger partial charge on any atom is -0.264 e. The lowest BCUT2D eigenvalue weighted by Gasteiger charge is -1.99. The summed E-state index contributed by atoms with van der Waals surface area (Å²) in [7, 11) is -4.67. The molecule has 0 aromatic rings. The van der Waals surface area contributed by atoms with Crippen molar-refractivity contribution in [3.8, 4) is 0 Å². The van der Waals surface area contributed by atoms with E-state index in [9.17, 15) is 0 Å². The summed E-state index contributed by atoms with van der Waals surface area (Å²) in [6, 6.07) is 0. The Labute approximate surface area is 106 Å². The van der Waals surface area contributed by atoms with E-state index in [0.29, 0.717) is 0 Å². The first-order chi connectivity index (χ1) is 7.91. The van der Waals surface area contributed by atoms with E-state index in [-0.39, 0.29) is 0 Å². The van der Waals surface area contributed by atoms with Gasteiger partial charge in [-0.25, -0.2) is 0 Å². The second kappa shape index (κ2) is 13.7. The SMILES string of the molecule is C=CCCCCCCCCCC.O=S(=O)(O)O. The van der Waals surface area contributed by atoms with Crippen LogP contribution >= 0.6 is 0 Å². The Balaban J connectivity index is 0. The van der Waals surface area contributed by atoms with E-state index in [1.165, 1.54) is 57.8 Å². The molecule has 0 saturated heterocycles. The number of rotatable bonds is 9. The van der Waals surface area contributed by atoms with Crippen LogP contribution in [-0.4, -0.2) is 17.5 Å². The summed E-state index contributed by atoms with van der Waals surface area (Å²) in [6.07, 6.45) is 14.5. The third-order valence-corrected chi connectivity index (χ3v) is 2.26. The van der Waals surface area contributed by atoms with Crippen molar-refractivity contribution in [2.45, 2.75) is 64.7 Å². The molecule has 0 aliphatic heterocycles. The third kappa shape index (κ3) is 39.0. The monoisotopic (exact) mass is 266 g/mol. The molecular formula is C12H26O4S. The molecule has 0 aliphatic carbocycles. The highest BCUT2D eigenvalue weighted by molar-refractivity contribution is 7.79. The maximum Gasteiger partial charge on any atom is 0.394 e. The maximum atomic E-state index is 8.74. The Bertz CT molecular complexity index is 239. The van der Waals surface area contributed by atoms with Crippen molar-refractivity contribution in [3.63, 3.8) is 0 Å². The van der Waals surface area contributed by atoms with Crippen LogP contribution in [0.3, 0.4) is 0 Å². The van der Waals surface area contributed by atoms with Gasteiger partial charge in [0.2, 0.25) is 0 Å². The van der Waals surface area contributed by atoms with Crippen LogP contribution in [0.4, 0.5) is 0 Å². The van der Waals surface area contributed by atoms with Gasteiger partial charge in [-0.1, -0.05) is 57.9 Å². The van der Waals surface area contributed by atoms with Crippen LogP contribution in [0.2, 0.25) is 0 Å². The zero-order valence-corrected chi connectivity index (χ0v) is 11.6. The average molecular weight is 266 g/mol. The number of hydrogen-bond donors (Lipinski definition) is 2. The molecule has 0 bridgehead atoms. The quantitative estimate of drug-likeness (QED) is 0.375. The highest BCUT2D eigenvalue weighted by atomic mass is 32.3. The summed E-state index contributed by atoms with van der Waals surface area (Å²) >= 11 is 0. The van der Waals surface area contributed by atoms with Crippen molar-refractivity contribution >= 4 is 10.4 Å². The minimum atomic E-state index is -4.67. The Kier molecular flexibility index (Phi) is 15.3. The number of hydrogen-bond acceptors (Lipinski definition) is 2. The Morgan fingerprint density at radius 3 is 1.65 bits per heavy atom. The Morgan fingerprint density at radius 1 is 0.941 bits per heavy atom. The molecule has 0 aromatic heterocycles. The van der Waals surface area contributed by atoms with Gasteiger partial charge < -0.3 is 0 Å². The van der Waals surface area contributed by atoms with E-state index in [1.54, 1.807) is 0 Å². The lowest BCUT2D eigenvalue weighted by atomic mass is 10.1. The largest absolute Gasteiger partial charge is 0.394 e. The molecule has 5 heteroatoms. The normalized spacial score (nSPS) is 10.5. The number of unbranched alkanes of at least 4 members (excludes halogenated alkanes) is 8. The molecule has 0 aliphatic rings. The molecule has 17 heavy (non-hydrogen) atoms. The average Bonchev–Trinajstić information content (AvgIpc) is 2.20. The molecule has 104 valence electrons. The summed E-state index contributed by atoms with van der Waals surface area (Å²) in [5.41, 5.74) is 0. The lowest BCUT2D eigenvalue weighted by molar-refractivity contribution is 0.381. The van der Waals surface area contributed by atoms with Gasteiger partial charge in [-0.2, -0.15) is 8.42 Å². The minimum absolute atomic E-state index is 1.20. The summed E-state index contributed by atoms with van der Waals surface area (Å²) < 4.78 is 31.6. The van der Waals surface area contributed by atoms with E-state index in [4.69, 9.17) is 17.5 Å². The topological polar surface area (TPSA) is 74.6 Å². The van der Waals surface area contributed by atoms with Crippen molar-refractivity contribution in [2.24, 2.45) is 0 Å². The second-order valence-corrected chi connectivity index (χ2v) is 4.90. The van der Waals surface area contributed by atoms with Gasteiger partial charge in [-0.05, 0) is 12.8 Å². The number of allylic oxidation sites excluding steroid dienone is 1. The zero-order chi connectivity index (χ0) is 13.6. The highest BCUT2D eigenvalue weighted by Crippen LogP contribution is 2.09. The molecule has 0 spiro atoms. The molecule has 4 nitrogen and oxygen atoms in total. The fraction of sp³-hybridized carbons (Fsp3) is 0.833. The van der Waals surface area contributed by atoms with Crippen LogP contribution in [0.15, 0.2) is 12.7 Å². The maximum absolute atomic E-state index is 8.74. The van der Waals surface area contributed by atoms with Gasteiger partial charge in [0.05, 0.1) is 0 Å². The van der Waals surface area contributed by atoms with Crippen LogP contribution in [0.1, 0.15) is 64.7 Å². The van der Waals surface area contributed by atoms with Gasteiger partial charge in [-0.3, -0.25) is 9.11 Å². The van der Waals surface area contributed by atoms with Crippen LogP contribution < -0.4 is 0 Å². The lowest BCUT2D eigenvalue weighted by Crippen LogP contribution is -1.89. The van der Waals surface area contributed by atoms with E-state index in [0.717, 1.165) is 0 Å². The van der Waals surface area contributed by atoms with Gasteiger partial charge in [-0.15, -0.1) is 6.58 Å². The first kappa shape index (κ1) is 19.0. The smallest absolute Gasteiger partial charge is 0.264 e. The van der Waals surface area contributed by atoms with E-state index in [2.05, 4.69) is 13.5 Å². The van der Waals surface area contributed by atoms with Crippen LogP contribution in [-0.2, 0) is 10.4 Å². The molecule has 0 radical (unpaired) electrons. The third-order valence-electron chi connectivity index (χ3n) is 2.26. The Morgan fingerprint density at radius 2 is 1.29 bits per heavy atom. The zero-order valence-electron chi connectivity index (χ0n) is 10.8. The van der Waals surface area contributed by atoms with Gasteiger partial charge in [0.25, 0.3) is 0 Å². The molecule has 2 N–H and O–H groups in total. The first-order valence-corrected chi connectivity index (χ1v) is 7.62. The summed E-state index contributed by atoms with van der Waals surface area (Å²) in [5, 5.41) is 0. The highest BCUT2D eigenvalue weighted by Gasteiger charge is 1.89. The molecule has 0 fully saturated rings. The summed E-state index contributed by atoms with van der Waals surface area (Å²) in [5.74, 6) is 0. The molecule has 0 aromatic carbocycles. The van der Waals surface area contributed by atoms with E-state index in [1.807, 2.05) is 6.08 Å².